The predicted octanol–water partition coefficient (Wildman–Crippen LogP) is 2.79. The predicted molar refractivity (Wildman–Crippen MR) is 91.4 cm³/mol. The number of hydrogen-bond donors (Lipinski definition) is 0. The van der Waals surface area contributed by atoms with E-state index < -0.39 is 11.6 Å². The van der Waals surface area contributed by atoms with E-state index in [0.717, 1.165) is 5.56 Å². The van der Waals surface area contributed by atoms with E-state index in [1.165, 1.54) is 13.1 Å². The molecule has 1 saturated heterocycles. The summed E-state index contributed by atoms with van der Waals surface area (Å²) < 4.78 is 12.8. The third-order valence-electron chi connectivity index (χ3n) is 4.80. The number of carbonyl (C=O) groups is 2. The lowest BCUT2D eigenvalue weighted by atomic mass is 9.90. The topological polar surface area (TPSA) is 70.4 Å². The number of nitrogens with zero attached hydrogens (tertiary/aromatic N) is 2. The number of aromatic nitrogens is 2. The minimum Gasteiger partial charge on any atom is -0.446 e. The smallest absolute Gasteiger partial charge is 0.357 e. The third-order valence-corrected chi connectivity index (χ3v) is 4.80. The Morgan fingerprint density at radius 3 is 2.56 bits per heavy atom. The van der Waals surface area contributed by atoms with Gasteiger partial charge in [-0.3, -0.25) is 4.79 Å². The molecule has 6 heteroatoms. The first-order chi connectivity index (χ1) is 12.0. The number of imidazole rings is 1. The lowest BCUT2D eigenvalue weighted by Gasteiger charge is -2.34. The Hall–Kier alpha value is -2.47. The molecular weight excluding hydrogens is 320 g/mol. The zero-order valence-corrected chi connectivity index (χ0v) is 14.5. The molecule has 1 aromatic carbocycles. The Morgan fingerprint density at radius 2 is 1.92 bits per heavy atom. The maximum absolute atomic E-state index is 12.8. The van der Waals surface area contributed by atoms with E-state index in [1.807, 2.05) is 37.3 Å². The van der Waals surface area contributed by atoms with E-state index in [9.17, 15) is 9.59 Å². The van der Waals surface area contributed by atoms with Gasteiger partial charge in [-0.15, -0.1) is 0 Å². The van der Waals surface area contributed by atoms with Crippen LogP contribution in [0.4, 0.5) is 0 Å². The summed E-state index contributed by atoms with van der Waals surface area (Å²) in [6.07, 6.45) is 3.86. The standard InChI is InChI=1S/C19H22N2O4/c1-14(16-6-4-3-5-7-16)21-13-20-12-17(21)18(23)25-19(15(2)22)8-10-24-11-9-19/h3-7,12-14H,8-11H2,1-2H3/t14-/m1/s1. The summed E-state index contributed by atoms with van der Waals surface area (Å²) in [6, 6.07) is 9.77. The van der Waals surface area contributed by atoms with Crippen LogP contribution in [0, 0.1) is 0 Å². The summed E-state index contributed by atoms with van der Waals surface area (Å²) in [5.41, 5.74) is 0.297. The summed E-state index contributed by atoms with van der Waals surface area (Å²) in [4.78, 5) is 29.0. The molecule has 0 saturated carbocycles. The Bertz CT molecular complexity index is 748. The average molecular weight is 342 g/mol. The quantitative estimate of drug-likeness (QED) is 0.782. The zero-order valence-electron chi connectivity index (χ0n) is 14.5. The van der Waals surface area contributed by atoms with E-state index in [2.05, 4.69) is 4.98 Å². The highest BCUT2D eigenvalue weighted by Gasteiger charge is 2.42. The molecule has 1 aliphatic heterocycles. The van der Waals surface area contributed by atoms with Crippen molar-refractivity contribution in [2.45, 2.75) is 38.3 Å². The van der Waals surface area contributed by atoms with Crippen LogP contribution in [-0.4, -0.2) is 40.1 Å². The third kappa shape index (κ3) is 3.49. The van der Waals surface area contributed by atoms with Crippen LogP contribution in [0.1, 0.15) is 48.8 Å². The van der Waals surface area contributed by atoms with Crippen molar-refractivity contribution < 1.29 is 19.1 Å². The van der Waals surface area contributed by atoms with Crippen molar-refractivity contribution >= 4 is 11.8 Å². The van der Waals surface area contributed by atoms with Crippen molar-refractivity contribution in [1.29, 1.82) is 0 Å². The first-order valence-corrected chi connectivity index (χ1v) is 8.42. The lowest BCUT2D eigenvalue weighted by molar-refractivity contribution is -0.146. The molecular formula is C19H22N2O4. The molecule has 0 aliphatic carbocycles. The number of esters is 1. The van der Waals surface area contributed by atoms with Gasteiger partial charge in [0.05, 0.1) is 31.8 Å². The van der Waals surface area contributed by atoms with Crippen molar-refractivity contribution in [2.75, 3.05) is 13.2 Å². The molecule has 1 fully saturated rings. The average Bonchev–Trinajstić information content (AvgIpc) is 3.12. The van der Waals surface area contributed by atoms with Crippen molar-refractivity contribution in [1.82, 2.24) is 9.55 Å². The highest BCUT2D eigenvalue weighted by molar-refractivity contribution is 5.93. The molecule has 25 heavy (non-hydrogen) atoms. The Balaban J connectivity index is 1.84. The fraction of sp³-hybridized carbons (Fsp3) is 0.421. The molecule has 1 aromatic heterocycles. The van der Waals surface area contributed by atoms with Gasteiger partial charge in [0.25, 0.3) is 0 Å². The maximum Gasteiger partial charge on any atom is 0.357 e. The van der Waals surface area contributed by atoms with Gasteiger partial charge in [0.1, 0.15) is 5.69 Å². The number of rotatable bonds is 5. The molecule has 1 atom stereocenters. The first-order valence-electron chi connectivity index (χ1n) is 8.42. The fourth-order valence-electron chi connectivity index (χ4n) is 3.12. The monoisotopic (exact) mass is 342 g/mol. The van der Waals surface area contributed by atoms with Crippen LogP contribution in [0.15, 0.2) is 42.9 Å². The Labute approximate surface area is 146 Å². The van der Waals surface area contributed by atoms with Gasteiger partial charge in [0.2, 0.25) is 0 Å². The van der Waals surface area contributed by atoms with Crippen LogP contribution >= 0.6 is 0 Å². The second kappa shape index (κ2) is 7.19. The van der Waals surface area contributed by atoms with Crippen LogP contribution in [0.3, 0.4) is 0 Å². The molecule has 3 rings (SSSR count). The minimum atomic E-state index is -1.10. The molecule has 1 aliphatic rings. The molecule has 0 amide bonds. The summed E-state index contributed by atoms with van der Waals surface area (Å²) in [7, 11) is 0. The van der Waals surface area contributed by atoms with Crippen LogP contribution in [0.2, 0.25) is 0 Å². The highest BCUT2D eigenvalue weighted by atomic mass is 16.6. The minimum absolute atomic E-state index is 0.0748. The lowest BCUT2D eigenvalue weighted by Crippen LogP contribution is -2.47. The number of Topliss-reactive ketones (excluding diaryl/α,β-unsaturated/α-hetero) is 1. The number of benzene rings is 1. The van der Waals surface area contributed by atoms with Gasteiger partial charge in [-0.1, -0.05) is 30.3 Å². The molecule has 0 radical (unpaired) electrons. The normalized spacial score (nSPS) is 17.7. The number of ether oxygens (including phenoxy) is 2. The zero-order chi connectivity index (χ0) is 17.9. The van der Waals surface area contributed by atoms with Crippen molar-refractivity contribution in [2.24, 2.45) is 0 Å². The van der Waals surface area contributed by atoms with Crippen LogP contribution in [-0.2, 0) is 14.3 Å². The largest absolute Gasteiger partial charge is 0.446 e. The second-order valence-electron chi connectivity index (χ2n) is 6.33. The van der Waals surface area contributed by atoms with Gasteiger partial charge < -0.3 is 14.0 Å². The number of hydrogen-bond acceptors (Lipinski definition) is 5. The van der Waals surface area contributed by atoms with Gasteiger partial charge in [0, 0.05) is 12.8 Å². The SMILES string of the molecule is CC(=O)C1(OC(=O)c2cncn2[C@H](C)c2ccccc2)CCOCC1. The Kier molecular flexibility index (Phi) is 4.99. The first kappa shape index (κ1) is 17.4. The van der Waals surface area contributed by atoms with E-state index in [1.54, 1.807) is 10.9 Å². The van der Waals surface area contributed by atoms with Gasteiger partial charge in [0.15, 0.2) is 11.4 Å². The van der Waals surface area contributed by atoms with E-state index in [0.29, 0.717) is 31.7 Å². The summed E-state index contributed by atoms with van der Waals surface area (Å²) >= 11 is 0. The molecule has 132 valence electrons. The molecule has 0 unspecified atom stereocenters. The molecule has 6 nitrogen and oxygen atoms in total. The van der Waals surface area contributed by atoms with Gasteiger partial charge >= 0.3 is 5.97 Å². The maximum atomic E-state index is 12.8. The molecule has 2 heterocycles. The highest BCUT2D eigenvalue weighted by Crippen LogP contribution is 2.28. The van der Waals surface area contributed by atoms with Crippen molar-refractivity contribution in [3.05, 3.63) is 54.1 Å². The summed E-state index contributed by atoms with van der Waals surface area (Å²) in [5.74, 6) is -0.677. The van der Waals surface area contributed by atoms with Gasteiger partial charge in [-0.25, -0.2) is 9.78 Å². The van der Waals surface area contributed by atoms with E-state index >= 15 is 0 Å². The fourth-order valence-corrected chi connectivity index (χ4v) is 3.12. The van der Waals surface area contributed by atoms with Crippen LogP contribution < -0.4 is 0 Å². The van der Waals surface area contributed by atoms with E-state index in [-0.39, 0.29) is 11.8 Å². The summed E-state index contributed by atoms with van der Waals surface area (Å²) in [6.45, 7) is 4.27. The molecule has 0 spiro atoms. The van der Waals surface area contributed by atoms with Gasteiger partial charge in [-0.2, -0.15) is 0 Å². The van der Waals surface area contributed by atoms with Crippen LogP contribution in [0.5, 0.6) is 0 Å². The van der Waals surface area contributed by atoms with Crippen LogP contribution in [0.25, 0.3) is 0 Å². The van der Waals surface area contributed by atoms with E-state index in [4.69, 9.17) is 9.47 Å². The molecule has 0 N–H and O–H groups in total. The van der Waals surface area contributed by atoms with Crippen molar-refractivity contribution in [3.8, 4) is 0 Å². The number of carbonyl (C=O) groups excluding carboxylic acids is 2. The van der Waals surface area contributed by atoms with Gasteiger partial charge in [-0.05, 0) is 19.4 Å². The second-order valence-corrected chi connectivity index (χ2v) is 6.33. The molecule has 2 aromatic rings. The number of ketones is 1. The van der Waals surface area contributed by atoms with Crippen molar-refractivity contribution in [3.63, 3.8) is 0 Å². The summed E-state index contributed by atoms with van der Waals surface area (Å²) in [5, 5.41) is 0. The Morgan fingerprint density at radius 1 is 1.24 bits per heavy atom. The molecule has 0 bridgehead atoms.